The number of para-hydroxylation sites is 2. The molecule has 0 bridgehead atoms. The minimum absolute atomic E-state index is 0.0417. The van der Waals surface area contributed by atoms with Crippen LogP contribution >= 0.6 is 0 Å². The van der Waals surface area contributed by atoms with Gasteiger partial charge in [0.25, 0.3) is 0 Å². The number of hydrogen-bond donors (Lipinski definition) is 1. The lowest BCUT2D eigenvalue weighted by Gasteiger charge is -2.31. The maximum atomic E-state index is 12.4. The van der Waals surface area contributed by atoms with Crippen molar-refractivity contribution in [1.82, 2.24) is 4.90 Å². The number of nitrogens with zero attached hydrogens (tertiary/aromatic N) is 2. The quantitative estimate of drug-likeness (QED) is 0.903. The Morgan fingerprint density at radius 2 is 2.15 bits per heavy atom. The van der Waals surface area contributed by atoms with Crippen molar-refractivity contribution in [2.45, 2.75) is 25.8 Å². The van der Waals surface area contributed by atoms with E-state index < -0.39 is 0 Å². The zero-order chi connectivity index (χ0) is 14.1. The highest BCUT2D eigenvalue weighted by molar-refractivity contribution is 6.05. The first-order valence-electron chi connectivity index (χ1n) is 7.13. The first kappa shape index (κ1) is 13.0. The number of hydrogen-bond acceptors (Lipinski definition) is 3. The third-order valence-corrected chi connectivity index (χ3v) is 3.87. The molecular weight excluding hydrogens is 254 g/mol. The molecule has 5 nitrogen and oxygen atoms in total. The molecule has 1 saturated carbocycles. The Balaban J connectivity index is 1.79. The number of amides is 2. The van der Waals surface area contributed by atoms with Crippen molar-refractivity contribution in [1.29, 1.82) is 0 Å². The predicted octanol–water partition coefficient (Wildman–Crippen LogP) is 1.46. The average molecular weight is 273 g/mol. The number of carbonyl (C=O) groups excluding carboxylic acids is 2. The molecular formula is C15H19N3O2. The lowest BCUT2D eigenvalue weighted by Crippen LogP contribution is -2.47. The van der Waals surface area contributed by atoms with E-state index in [4.69, 9.17) is 0 Å². The Bertz CT molecular complexity index is 540. The molecule has 0 radical (unpaired) electrons. The summed E-state index contributed by atoms with van der Waals surface area (Å²) in [6.07, 6.45) is 2.18. The summed E-state index contributed by atoms with van der Waals surface area (Å²) in [6, 6.07) is 8.00. The monoisotopic (exact) mass is 273 g/mol. The van der Waals surface area contributed by atoms with Crippen LogP contribution in [0.4, 0.5) is 11.4 Å². The van der Waals surface area contributed by atoms with Crippen molar-refractivity contribution in [3.8, 4) is 0 Å². The first-order chi connectivity index (χ1) is 9.70. The predicted molar refractivity (Wildman–Crippen MR) is 77.7 cm³/mol. The van der Waals surface area contributed by atoms with Crippen molar-refractivity contribution in [3.63, 3.8) is 0 Å². The van der Waals surface area contributed by atoms with Crippen LogP contribution in [0.2, 0.25) is 0 Å². The van der Waals surface area contributed by atoms with Gasteiger partial charge in [-0.1, -0.05) is 12.1 Å². The fraction of sp³-hybridized carbons (Fsp3) is 0.467. The van der Waals surface area contributed by atoms with Gasteiger partial charge in [-0.15, -0.1) is 0 Å². The Kier molecular flexibility index (Phi) is 3.34. The molecule has 106 valence electrons. The van der Waals surface area contributed by atoms with Crippen LogP contribution in [0.1, 0.15) is 19.8 Å². The Morgan fingerprint density at radius 1 is 1.40 bits per heavy atom. The summed E-state index contributed by atoms with van der Waals surface area (Å²) in [4.78, 5) is 28.0. The molecule has 5 heteroatoms. The minimum atomic E-state index is -0.0519. The topological polar surface area (TPSA) is 52.7 Å². The standard InChI is InChI=1S/C15H19N3O2/c1-2-17(11-7-8-11)15(20)10-18-13-6-4-3-5-12(13)16-9-14(18)19/h3-6,11,16H,2,7-10H2,1H3. The average Bonchev–Trinajstić information content (AvgIpc) is 3.27. The van der Waals surface area contributed by atoms with Crippen LogP contribution in [-0.4, -0.2) is 42.4 Å². The highest BCUT2D eigenvalue weighted by Gasteiger charge is 2.33. The molecule has 1 fully saturated rings. The van der Waals surface area contributed by atoms with Crippen molar-refractivity contribution in [3.05, 3.63) is 24.3 Å². The third kappa shape index (κ3) is 2.35. The minimum Gasteiger partial charge on any atom is -0.374 e. The van der Waals surface area contributed by atoms with E-state index in [1.54, 1.807) is 4.90 Å². The van der Waals surface area contributed by atoms with E-state index >= 15 is 0 Å². The molecule has 0 atom stereocenters. The lowest BCUT2D eigenvalue weighted by molar-refractivity contribution is -0.131. The molecule has 1 N–H and O–H groups in total. The van der Waals surface area contributed by atoms with Gasteiger partial charge in [-0.2, -0.15) is 0 Å². The number of benzene rings is 1. The molecule has 20 heavy (non-hydrogen) atoms. The highest BCUT2D eigenvalue weighted by atomic mass is 16.2. The normalized spacial score (nSPS) is 17.4. The van der Waals surface area contributed by atoms with E-state index in [0.29, 0.717) is 12.6 Å². The van der Waals surface area contributed by atoms with Gasteiger partial charge in [-0.25, -0.2) is 0 Å². The SMILES string of the molecule is CCN(C(=O)CN1C(=O)CNc2ccccc21)C1CC1. The van der Waals surface area contributed by atoms with Gasteiger partial charge in [0.15, 0.2) is 0 Å². The van der Waals surface area contributed by atoms with Gasteiger partial charge in [0.1, 0.15) is 6.54 Å². The largest absolute Gasteiger partial charge is 0.374 e. The smallest absolute Gasteiger partial charge is 0.246 e. The summed E-state index contributed by atoms with van der Waals surface area (Å²) in [6.45, 7) is 3.09. The van der Waals surface area contributed by atoms with Crippen LogP contribution in [-0.2, 0) is 9.59 Å². The van der Waals surface area contributed by atoms with Gasteiger partial charge in [-0.05, 0) is 31.9 Å². The van der Waals surface area contributed by atoms with Crippen LogP contribution in [0.5, 0.6) is 0 Å². The van der Waals surface area contributed by atoms with E-state index in [9.17, 15) is 9.59 Å². The van der Waals surface area contributed by atoms with Crippen molar-refractivity contribution < 1.29 is 9.59 Å². The van der Waals surface area contributed by atoms with E-state index in [1.807, 2.05) is 36.1 Å². The maximum Gasteiger partial charge on any atom is 0.246 e. The molecule has 1 aliphatic carbocycles. The molecule has 0 aromatic heterocycles. The van der Waals surface area contributed by atoms with E-state index in [-0.39, 0.29) is 24.9 Å². The lowest BCUT2D eigenvalue weighted by atomic mass is 10.2. The second kappa shape index (κ2) is 5.15. The van der Waals surface area contributed by atoms with Gasteiger partial charge in [0.2, 0.25) is 11.8 Å². The molecule has 1 aromatic rings. The molecule has 3 rings (SSSR count). The Morgan fingerprint density at radius 3 is 2.85 bits per heavy atom. The number of anilines is 2. The molecule has 0 spiro atoms. The molecule has 0 saturated heterocycles. The highest BCUT2D eigenvalue weighted by Crippen LogP contribution is 2.30. The summed E-state index contributed by atoms with van der Waals surface area (Å²) in [5.74, 6) is -0.0102. The van der Waals surface area contributed by atoms with Crippen molar-refractivity contribution in [2.24, 2.45) is 0 Å². The van der Waals surface area contributed by atoms with Crippen molar-refractivity contribution >= 4 is 23.2 Å². The molecule has 1 heterocycles. The fourth-order valence-corrected chi connectivity index (χ4v) is 2.68. The number of likely N-dealkylation sites (N-methyl/N-ethyl adjacent to an activating group) is 1. The molecule has 1 aliphatic heterocycles. The van der Waals surface area contributed by atoms with Crippen LogP contribution in [0.3, 0.4) is 0 Å². The summed E-state index contributed by atoms with van der Waals surface area (Å²) in [5, 5.41) is 3.08. The third-order valence-electron chi connectivity index (χ3n) is 3.87. The van der Waals surface area contributed by atoms with Crippen LogP contribution in [0.25, 0.3) is 0 Å². The Labute approximate surface area is 118 Å². The number of carbonyl (C=O) groups is 2. The molecule has 2 amide bonds. The van der Waals surface area contributed by atoms with Crippen LogP contribution in [0, 0.1) is 0 Å². The summed E-state index contributed by atoms with van der Waals surface area (Å²) in [7, 11) is 0. The first-order valence-corrected chi connectivity index (χ1v) is 7.13. The van der Waals surface area contributed by atoms with Gasteiger partial charge < -0.3 is 10.2 Å². The van der Waals surface area contributed by atoms with Crippen LogP contribution in [0.15, 0.2) is 24.3 Å². The maximum absolute atomic E-state index is 12.4. The van der Waals surface area contributed by atoms with E-state index in [1.165, 1.54) is 0 Å². The number of nitrogens with one attached hydrogen (secondary N) is 1. The number of fused-ring (bicyclic) bond motifs is 1. The molecule has 1 aromatic carbocycles. The molecule has 2 aliphatic rings. The summed E-state index contributed by atoms with van der Waals surface area (Å²) in [5.41, 5.74) is 1.71. The second-order valence-electron chi connectivity index (χ2n) is 5.26. The summed E-state index contributed by atoms with van der Waals surface area (Å²) < 4.78 is 0. The fourth-order valence-electron chi connectivity index (χ4n) is 2.68. The molecule has 0 unspecified atom stereocenters. The van der Waals surface area contributed by atoms with Gasteiger partial charge in [0, 0.05) is 12.6 Å². The second-order valence-corrected chi connectivity index (χ2v) is 5.26. The van der Waals surface area contributed by atoms with Gasteiger partial charge in [0.05, 0.1) is 17.9 Å². The van der Waals surface area contributed by atoms with Crippen molar-refractivity contribution in [2.75, 3.05) is 29.9 Å². The van der Waals surface area contributed by atoms with Crippen LogP contribution < -0.4 is 10.2 Å². The van der Waals surface area contributed by atoms with E-state index in [2.05, 4.69) is 5.32 Å². The Hall–Kier alpha value is -2.04. The van der Waals surface area contributed by atoms with E-state index in [0.717, 1.165) is 24.2 Å². The van der Waals surface area contributed by atoms with Gasteiger partial charge >= 0.3 is 0 Å². The zero-order valence-electron chi connectivity index (χ0n) is 11.6. The number of rotatable bonds is 4. The van der Waals surface area contributed by atoms with Gasteiger partial charge in [-0.3, -0.25) is 14.5 Å². The zero-order valence-corrected chi connectivity index (χ0v) is 11.6. The summed E-state index contributed by atoms with van der Waals surface area (Å²) >= 11 is 0.